The number of halogens is 3. The van der Waals surface area contributed by atoms with Crippen molar-refractivity contribution in [2.45, 2.75) is 19.3 Å². The zero-order valence-electron chi connectivity index (χ0n) is 18.9. The van der Waals surface area contributed by atoms with Crippen molar-refractivity contribution in [3.05, 3.63) is 89.4 Å². The highest BCUT2D eigenvalue weighted by molar-refractivity contribution is 6.36. The first-order valence-corrected chi connectivity index (χ1v) is 11.4. The average Bonchev–Trinajstić information content (AvgIpc) is 3.29. The highest BCUT2D eigenvalue weighted by atomic mass is 35.5. The maximum Gasteiger partial charge on any atom is 0.411 e. The lowest BCUT2D eigenvalue weighted by Crippen LogP contribution is -2.40. The van der Waals surface area contributed by atoms with Crippen LogP contribution in [0.15, 0.2) is 50.5 Å². The third kappa shape index (κ3) is 4.99. The Kier molecular flexibility index (Phi) is 6.91. The zero-order chi connectivity index (χ0) is 27.1. The quantitative estimate of drug-likeness (QED) is 0.326. The highest BCUT2D eigenvalue weighted by Crippen LogP contribution is 2.41. The maximum atomic E-state index is 12.4. The SMILES string of the molecule is CC(C)(c1noc(-c2ccccc2Cl)n1)c1c(Cl)cc(-n2nc(C(=O)NC(=O)O)c(=O)[nH]c2=O)cc1Cl. The van der Waals surface area contributed by atoms with Gasteiger partial charge in [0, 0.05) is 15.6 Å². The van der Waals surface area contributed by atoms with Crippen LogP contribution >= 0.6 is 34.8 Å². The molecule has 4 rings (SSSR count). The lowest BCUT2D eigenvalue weighted by molar-refractivity contribution is 0.0939. The van der Waals surface area contributed by atoms with Gasteiger partial charge in [-0.2, -0.15) is 14.8 Å². The van der Waals surface area contributed by atoms with Gasteiger partial charge in [-0.3, -0.25) is 19.9 Å². The number of amides is 2. The van der Waals surface area contributed by atoms with Crippen molar-refractivity contribution in [3.63, 3.8) is 0 Å². The van der Waals surface area contributed by atoms with E-state index >= 15 is 0 Å². The van der Waals surface area contributed by atoms with E-state index in [-0.39, 0.29) is 27.4 Å². The van der Waals surface area contributed by atoms with Crippen molar-refractivity contribution in [2.75, 3.05) is 0 Å². The molecular formula is C22H15Cl3N6O6. The van der Waals surface area contributed by atoms with Gasteiger partial charge in [0.2, 0.25) is 5.69 Å². The van der Waals surface area contributed by atoms with Gasteiger partial charge in [-0.25, -0.2) is 9.59 Å². The summed E-state index contributed by atoms with van der Waals surface area (Å²) in [6.45, 7) is 3.50. The highest BCUT2D eigenvalue weighted by Gasteiger charge is 2.34. The van der Waals surface area contributed by atoms with E-state index in [1.54, 1.807) is 38.1 Å². The standard InChI is InChI=1S/C22H15Cl3N6O6/c1-22(2,19-28-18(37-30-19)10-5-3-4-6-11(10)23)14-12(24)7-9(8-13(14)25)31-20(34)26-16(32)15(29-31)17(33)27-21(35)36/h3-8H,1-2H3,(H,27,33)(H,35,36)(H,26,32,34). The lowest BCUT2D eigenvalue weighted by Gasteiger charge is -2.24. The van der Waals surface area contributed by atoms with Crippen molar-refractivity contribution in [2.24, 2.45) is 0 Å². The molecule has 12 nitrogen and oxygen atoms in total. The van der Waals surface area contributed by atoms with Gasteiger partial charge < -0.3 is 9.63 Å². The lowest BCUT2D eigenvalue weighted by atomic mass is 9.83. The molecule has 3 N–H and O–H groups in total. The minimum atomic E-state index is -1.71. The number of nitrogens with zero attached hydrogens (tertiary/aromatic N) is 4. The molecule has 0 bridgehead atoms. The largest absolute Gasteiger partial charge is 0.465 e. The Hall–Kier alpha value is -4.00. The number of carboxylic acid groups (broad SMARTS) is 1. The summed E-state index contributed by atoms with van der Waals surface area (Å²) < 4.78 is 6.05. The van der Waals surface area contributed by atoms with Gasteiger partial charge in [0.1, 0.15) is 0 Å². The van der Waals surface area contributed by atoms with E-state index in [0.29, 0.717) is 20.8 Å². The Bertz CT molecular complexity index is 1650. The molecule has 190 valence electrons. The fourth-order valence-electron chi connectivity index (χ4n) is 3.49. The molecule has 37 heavy (non-hydrogen) atoms. The Balaban J connectivity index is 1.77. The molecule has 0 fully saturated rings. The molecule has 0 aliphatic carbocycles. The molecule has 2 heterocycles. The summed E-state index contributed by atoms with van der Waals surface area (Å²) in [6.07, 6.45) is -1.71. The normalized spacial score (nSPS) is 11.4. The van der Waals surface area contributed by atoms with E-state index in [1.807, 2.05) is 4.98 Å². The predicted molar refractivity (Wildman–Crippen MR) is 133 cm³/mol. The van der Waals surface area contributed by atoms with Gasteiger partial charge in [0.05, 0.1) is 21.7 Å². The number of H-pyrrole nitrogens is 1. The Morgan fingerprint density at radius 3 is 2.35 bits per heavy atom. The van der Waals surface area contributed by atoms with E-state index in [1.165, 1.54) is 17.4 Å². The molecule has 0 saturated carbocycles. The van der Waals surface area contributed by atoms with E-state index in [0.717, 1.165) is 0 Å². The third-order valence-corrected chi connectivity index (χ3v) is 6.17. The van der Waals surface area contributed by atoms with Gasteiger partial charge in [0.15, 0.2) is 5.82 Å². The Labute approximate surface area is 221 Å². The van der Waals surface area contributed by atoms with E-state index in [9.17, 15) is 19.2 Å². The van der Waals surface area contributed by atoms with E-state index < -0.39 is 34.4 Å². The number of imide groups is 1. The fourth-order valence-corrected chi connectivity index (χ4v) is 4.66. The summed E-state index contributed by atoms with van der Waals surface area (Å²) in [4.78, 5) is 53.5. The van der Waals surface area contributed by atoms with Crippen LogP contribution in [0.25, 0.3) is 17.1 Å². The van der Waals surface area contributed by atoms with Crippen LogP contribution in [0.2, 0.25) is 15.1 Å². The fraction of sp³-hybridized carbons (Fsp3) is 0.136. The van der Waals surface area contributed by atoms with Crippen LogP contribution in [0, 0.1) is 0 Å². The molecule has 2 aromatic carbocycles. The molecule has 0 atom stereocenters. The monoisotopic (exact) mass is 564 g/mol. The Morgan fingerprint density at radius 2 is 1.73 bits per heavy atom. The van der Waals surface area contributed by atoms with Crippen molar-refractivity contribution in [1.29, 1.82) is 0 Å². The van der Waals surface area contributed by atoms with Gasteiger partial charge >= 0.3 is 11.8 Å². The summed E-state index contributed by atoms with van der Waals surface area (Å²) in [7, 11) is 0. The number of aromatic nitrogens is 5. The molecular weight excluding hydrogens is 551 g/mol. The minimum Gasteiger partial charge on any atom is -0.465 e. The zero-order valence-corrected chi connectivity index (χ0v) is 21.1. The molecule has 0 saturated heterocycles. The van der Waals surface area contributed by atoms with E-state index in [2.05, 4.69) is 15.2 Å². The topological polar surface area (TPSA) is 173 Å². The van der Waals surface area contributed by atoms with Crippen LogP contribution in [-0.2, 0) is 5.41 Å². The summed E-state index contributed by atoms with van der Waals surface area (Å²) in [6, 6.07) is 9.59. The molecule has 0 aliphatic rings. The first-order chi connectivity index (χ1) is 17.4. The summed E-state index contributed by atoms with van der Waals surface area (Å²) in [5, 5.41) is 18.5. The van der Waals surface area contributed by atoms with Crippen LogP contribution in [0.3, 0.4) is 0 Å². The summed E-state index contributed by atoms with van der Waals surface area (Å²) >= 11 is 19.3. The van der Waals surface area contributed by atoms with Crippen molar-refractivity contribution < 1.29 is 19.2 Å². The number of hydrogen-bond acceptors (Lipinski definition) is 8. The number of nitrogens with one attached hydrogen (secondary N) is 2. The molecule has 0 spiro atoms. The average molecular weight is 566 g/mol. The molecule has 2 amide bonds. The van der Waals surface area contributed by atoms with E-state index in [4.69, 9.17) is 44.4 Å². The van der Waals surface area contributed by atoms with Gasteiger partial charge in [-0.15, -0.1) is 0 Å². The van der Waals surface area contributed by atoms with Crippen LogP contribution < -0.4 is 16.6 Å². The third-order valence-electron chi connectivity index (χ3n) is 5.25. The van der Waals surface area contributed by atoms with Crippen molar-refractivity contribution >= 4 is 46.8 Å². The number of aromatic amines is 1. The molecule has 4 aromatic rings. The minimum absolute atomic E-state index is 0.00922. The van der Waals surface area contributed by atoms with Gasteiger partial charge in [0.25, 0.3) is 17.4 Å². The van der Waals surface area contributed by atoms with Crippen molar-refractivity contribution in [3.8, 4) is 17.1 Å². The smallest absolute Gasteiger partial charge is 0.411 e. The number of carbonyl (C=O) groups excluding carboxylic acids is 1. The second-order valence-corrected chi connectivity index (χ2v) is 9.31. The van der Waals surface area contributed by atoms with Crippen LogP contribution in [0.1, 0.15) is 35.7 Å². The van der Waals surface area contributed by atoms with Gasteiger partial charge in [-0.05, 0) is 38.1 Å². The second-order valence-electron chi connectivity index (χ2n) is 8.09. The molecule has 2 aromatic heterocycles. The molecule has 0 radical (unpaired) electrons. The van der Waals surface area contributed by atoms with Crippen molar-refractivity contribution in [1.82, 2.24) is 30.2 Å². The number of hydrogen-bond donors (Lipinski definition) is 3. The van der Waals surface area contributed by atoms with Crippen LogP contribution in [0.4, 0.5) is 4.79 Å². The van der Waals surface area contributed by atoms with Crippen LogP contribution in [0.5, 0.6) is 0 Å². The first kappa shape index (κ1) is 26.1. The summed E-state index contributed by atoms with van der Waals surface area (Å²) in [5.41, 5.74) is -3.14. The summed E-state index contributed by atoms with van der Waals surface area (Å²) in [5.74, 6) is -0.900. The predicted octanol–water partition coefficient (Wildman–Crippen LogP) is 3.66. The Morgan fingerprint density at radius 1 is 1.08 bits per heavy atom. The van der Waals surface area contributed by atoms with Gasteiger partial charge in [-0.1, -0.05) is 52.1 Å². The molecule has 0 unspecified atom stereocenters. The second kappa shape index (κ2) is 9.81. The molecule has 0 aliphatic heterocycles. The number of benzene rings is 2. The van der Waals surface area contributed by atoms with Crippen LogP contribution in [-0.4, -0.2) is 42.0 Å². The number of rotatable bonds is 5. The first-order valence-electron chi connectivity index (χ1n) is 10.3. The number of carbonyl (C=O) groups is 2. The molecule has 15 heteroatoms. The maximum absolute atomic E-state index is 12.4.